The largest absolute Gasteiger partial charge is 0.353 e. The molecule has 0 spiro atoms. The van der Waals surface area contributed by atoms with Crippen LogP contribution in [0.2, 0.25) is 0 Å². The number of aromatic nitrogens is 1. The molecule has 1 fully saturated rings. The Morgan fingerprint density at radius 3 is 2.90 bits per heavy atom. The molecule has 1 amide bonds. The molecule has 4 nitrogen and oxygen atoms in total. The summed E-state index contributed by atoms with van der Waals surface area (Å²) in [5.41, 5.74) is 8.93. The van der Waals surface area contributed by atoms with E-state index in [1.54, 1.807) is 0 Å². The average molecular weight is 283 g/mol. The highest BCUT2D eigenvalue weighted by Gasteiger charge is 2.27. The van der Waals surface area contributed by atoms with E-state index in [-0.39, 0.29) is 11.8 Å². The number of nitrogens with one attached hydrogen (secondary N) is 1. The molecule has 1 aromatic carbocycles. The van der Waals surface area contributed by atoms with Crippen LogP contribution in [0.15, 0.2) is 30.3 Å². The van der Waals surface area contributed by atoms with Crippen LogP contribution in [0.4, 0.5) is 0 Å². The standard InChI is InChI=1S/C17H21N3O/c1-11-8-12(15-4-2-3-5-16(15)19-11)9-13(10-18)17(21)20-14-6-7-14/h2-5,8,13-14H,6-7,9-10,18H2,1H3,(H,20,21). The second-order valence-electron chi connectivity index (χ2n) is 5.86. The van der Waals surface area contributed by atoms with E-state index in [0.29, 0.717) is 19.0 Å². The van der Waals surface area contributed by atoms with Crippen LogP contribution in [-0.4, -0.2) is 23.5 Å². The van der Waals surface area contributed by atoms with Gasteiger partial charge in [0, 0.05) is 23.7 Å². The highest BCUT2D eigenvalue weighted by molar-refractivity contribution is 5.84. The Morgan fingerprint density at radius 2 is 2.19 bits per heavy atom. The van der Waals surface area contributed by atoms with Gasteiger partial charge in [-0.15, -0.1) is 0 Å². The van der Waals surface area contributed by atoms with Crippen molar-refractivity contribution in [3.63, 3.8) is 0 Å². The predicted octanol–water partition coefficient (Wildman–Crippen LogP) is 1.94. The Kier molecular flexibility index (Phi) is 3.88. The van der Waals surface area contributed by atoms with Gasteiger partial charge in [0.2, 0.25) is 5.91 Å². The molecule has 3 rings (SSSR count). The van der Waals surface area contributed by atoms with Crippen LogP contribution in [0.3, 0.4) is 0 Å². The quantitative estimate of drug-likeness (QED) is 0.881. The zero-order valence-electron chi connectivity index (χ0n) is 12.3. The third-order valence-corrected chi connectivity index (χ3v) is 3.98. The van der Waals surface area contributed by atoms with Gasteiger partial charge in [-0.25, -0.2) is 0 Å². The van der Waals surface area contributed by atoms with E-state index in [4.69, 9.17) is 5.73 Å². The van der Waals surface area contributed by atoms with Crippen molar-refractivity contribution in [3.8, 4) is 0 Å². The highest BCUT2D eigenvalue weighted by Crippen LogP contribution is 2.23. The molecule has 1 unspecified atom stereocenters. The number of rotatable bonds is 5. The van der Waals surface area contributed by atoms with Crippen molar-refractivity contribution in [1.29, 1.82) is 0 Å². The van der Waals surface area contributed by atoms with Crippen LogP contribution in [0, 0.1) is 12.8 Å². The van der Waals surface area contributed by atoms with Crippen LogP contribution in [0.5, 0.6) is 0 Å². The molecule has 2 aromatic rings. The molecule has 0 radical (unpaired) electrons. The zero-order valence-corrected chi connectivity index (χ0v) is 12.3. The number of nitrogens with two attached hydrogens (primary N) is 1. The summed E-state index contributed by atoms with van der Waals surface area (Å²) in [5.74, 6) is -0.0886. The van der Waals surface area contributed by atoms with Crippen molar-refractivity contribution in [2.45, 2.75) is 32.2 Å². The lowest BCUT2D eigenvalue weighted by Gasteiger charge is -2.16. The lowest BCUT2D eigenvalue weighted by molar-refractivity contribution is -0.124. The van der Waals surface area contributed by atoms with Gasteiger partial charge in [0.05, 0.1) is 11.4 Å². The molecule has 1 aliphatic carbocycles. The summed E-state index contributed by atoms with van der Waals surface area (Å²) in [6.45, 7) is 2.35. The Balaban J connectivity index is 1.86. The summed E-state index contributed by atoms with van der Waals surface area (Å²) in [6, 6.07) is 10.5. The number of fused-ring (bicyclic) bond motifs is 1. The highest BCUT2D eigenvalue weighted by atomic mass is 16.2. The molecule has 3 N–H and O–H groups in total. The fraction of sp³-hybridized carbons (Fsp3) is 0.412. The molecule has 110 valence electrons. The average Bonchev–Trinajstić information content (AvgIpc) is 3.28. The molecule has 0 aliphatic heterocycles. The summed E-state index contributed by atoms with van der Waals surface area (Å²) in [5, 5.41) is 4.17. The van der Waals surface area contributed by atoms with Gasteiger partial charge in [0.25, 0.3) is 0 Å². The number of aryl methyl sites for hydroxylation is 1. The van der Waals surface area contributed by atoms with Crippen LogP contribution < -0.4 is 11.1 Å². The molecule has 21 heavy (non-hydrogen) atoms. The number of hydrogen-bond donors (Lipinski definition) is 2. The zero-order chi connectivity index (χ0) is 14.8. The topological polar surface area (TPSA) is 68.0 Å². The number of nitrogens with zero attached hydrogens (tertiary/aromatic N) is 1. The second-order valence-corrected chi connectivity index (χ2v) is 5.86. The van der Waals surface area contributed by atoms with Gasteiger partial charge in [-0.05, 0) is 43.9 Å². The van der Waals surface area contributed by atoms with Crippen molar-refractivity contribution >= 4 is 16.8 Å². The summed E-state index contributed by atoms with van der Waals surface area (Å²) < 4.78 is 0. The normalized spacial score (nSPS) is 15.9. The van der Waals surface area contributed by atoms with Gasteiger partial charge in [0.1, 0.15) is 0 Å². The monoisotopic (exact) mass is 283 g/mol. The van der Waals surface area contributed by atoms with Gasteiger partial charge < -0.3 is 11.1 Å². The second kappa shape index (κ2) is 5.82. The summed E-state index contributed by atoms with van der Waals surface area (Å²) in [4.78, 5) is 16.8. The minimum atomic E-state index is -0.171. The molecule has 0 bridgehead atoms. The first kappa shape index (κ1) is 14.0. The van der Waals surface area contributed by atoms with E-state index in [2.05, 4.69) is 22.4 Å². The van der Waals surface area contributed by atoms with Crippen LogP contribution in [-0.2, 0) is 11.2 Å². The van der Waals surface area contributed by atoms with Crippen molar-refractivity contribution < 1.29 is 4.79 Å². The van der Waals surface area contributed by atoms with Crippen molar-refractivity contribution in [3.05, 3.63) is 41.6 Å². The fourth-order valence-corrected chi connectivity index (χ4v) is 2.66. The van der Waals surface area contributed by atoms with E-state index >= 15 is 0 Å². The molecular weight excluding hydrogens is 262 g/mol. The van der Waals surface area contributed by atoms with Gasteiger partial charge in [0.15, 0.2) is 0 Å². The van der Waals surface area contributed by atoms with Crippen molar-refractivity contribution in [2.75, 3.05) is 6.54 Å². The third kappa shape index (κ3) is 3.22. The maximum Gasteiger partial charge on any atom is 0.224 e. The summed E-state index contributed by atoms with van der Waals surface area (Å²) in [6.07, 6.45) is 2.86. The molecule has 4 heteroatoms. The van der Waals surface area contributed by atoms with Gasteiger partial charge in [-0.2, -0.15) is 0 Å². The molecule has 1 aliphatic rings. The van der Waals surface area contributed by atoms with E-state index in [9.17, 15) is 4.79 Å². The molecule has 1 saturated carbocycles. The first-order valence-corrected chi connectivity index (χ1v) is 7.53. The van der Waals surface area contributed by atoms with Gasteiger partial charge in [-0.3, -0.25) is 9.78 Å². The summed E-state index contributed by atoms with van der Waals surface area (Å²) in [7, 11) is 0. The van der Waals surface area contributed by atoms with Gasteiger partial charge >= 0.3 is 0 Å². The maximum absolute atomic E-state index is 12.2. The third-order valence-electron chi connectivity index (χ3n) is 3.98. The van der Waals surface area contributed by atoms with E-state index in [0.717, 1.165) is 35.0 Å². The lowest BCUT2D eigenvalue weighted by Crippen LogP contribution is -2.37. The summed E-state index contributed by atoms with van der Waals surface area (Å²) >= 11 is 0. The number of benzene rings is 1. The van der Waals surface area contributed by atoms with Crippen molar-refractivity contribution in [1.82, 2.24) is 10.3 Å². The number of hydrogen-bond acceptors (Lipinski definition) is 3. The fourth-order valence-electron chi connectivity index (χ4n) is 2.66. The molecular formula is C17H21N3O. The minimum absolute atomic E-state index is 0.0820. The Bertz CT molecular complexity index is 664. The van der Waals surface area contributed by atoms with E-state index in [1.165, 1.54) is 0 Å². The molecule has 1 aromatic heterocycles. The number of pyridine rings is 1. The Hall–Kier alpha value is -1.94. The first-order valence-electron chi connectivity index (χ1n) is 7.53. The number of carbonyl (C=O) groups excluding carboxylic acids is 1. The Morgan fingerprint density at radius 1 is 1.43 bits per heavy atom. The first-order chi connectivity index (χ1) is 10.2. The van der Waals surface area contributed by atoms with Crippen LogP contribution in [0.25, 0.3) is 10.9 Å². The number of amides is 1. The Labute approximate surface area is 124 Å². The van der Waals surface area contributed by atoms with Gasteiger partial charge in [-0.1, -0.05) is 18.2 Å². The SMILES string of the molecule is Cc1cc(CC(CN)C(=O)NC2CC2)c2ccccc2n1. The van der Waals surface area contributed by atoms with Crippen LogP contribution in [0.1, 0.15) is 24.1 Å². The van der Waals surface area contributed by atoms with Crippen molar-refractivity contribution in [2.24, 2.45) is 11.7 Å². The number of para-hydroxylation sites is 1. The predicted molar refractivity (Wildman–Crippen MR) is 83.9 cm³/mol. The minimum Gasteiger partial charge on any atom is -0.353 e. The molecule has 0 saturated heterocycles. The lowest BCUT2D eigenvalue weighted by atomic mass is 9.95. The number of carbonyl (C=O) groups is 1. The van der Waals surface area contributed by atoms with Crippen LogP contribution >= 0.6 is 0 Å². The maximum atomic E-state index is 12.2. The molecule has 1 atom stereocenters. The smallest absolute Gasteiger partial charge is 0.224 e. The van der Waals surface area contributed by atoms with E-state index < -0.39 is 0 Å². The molecule has 1 heterocycles. The van der Waals surface area contributed by atoms with E-state index in [1.807, 2.05) is 25.1 Å².